The van der Waals surface area contributed by atoms with Gasteiger partial charge in [0.2, 0.25) is 0 Å². The number of nitrogens with zero attached hydrogens (tertiary/aromatic N) is 1. The van der Waals surface area contributed by atoms with Crippen molar-refractivity contribution >= 4 is 33.9 Å². The van der Waals surface area contributed by atoms with Gasteiger partial charge in [-0.05, 0) is 29.6 Å². The number of Topliss-reactive ketones (excluding diaryl/α,β-unsaturated/α-hetero) is 2. The number of hydrogen-bond donors (Lipinski definition) is 1. The number of thiophene rings is 1. The van der Waals surface area contributed by atoms with Crippen molar-refractivity contribution in [2.45, 2.75) is 12.8 Å². The van der Waals surface area contributed by atoms with Gasteiger partial charge in [-0.15, -0.1) is 11.3 Å². The number of nitrogens with one attached hydrogen (secondary N) is 1. The van der Waals surface area contributed by atoms with Crippen molar-refractivity contribution in [3.8, 4) is 0 Å². The van der Waals surface area contributed by atoms with Crippen LogP contribution in [0.2, 0.25) is 0 Å². The van der Waals surface area contributed by atoms with E-state index in [2.05, 4.69) is 9.97 Å². The second kappa shape index (κ2) is 5.38. The molecule has 3 rings (SSSR count). The van der Waals surface area contributed by atoms with Crippen molar-refractivity contribution in [3.63, 3.8) is 0 Å². The fourth-order valence-corrected chi connectivity index (χ4v) is 2.74. The molecule has 0 spiro atoms. The Balaban J connectivity index is 1.68. The van der Waals surface area contributed by atoms with Gasteiger partial charge in [-0.2, -0.15) is 0 Å². The van der Waals surface area contributed by atoms with Crippen molar-refractivity contribution in [3.05, 3.63) is 52.5 Å². The third kappa shape index (κ3) is 2.53. The van der Waals surface area contributed by atoms with E-state index in [1.807, 2.05) is 11.4 Å². The number of fused-ring (bicyclic) bond motifs is 1. The van der Waals surface area contributed by atoms with Gasteiger partial charge in [-0.3, -0.25) is 9.59 Å². The largest absolute Gasteiger partial charge is 0.345 e. The van der Waals surface area contributed by atoms with Crippen LogP contribution in [0.4, 0.5) is 0 Å². The molecule has 0 radical (unpaired) electrons. The lowest BCUT2D eigenvalue weighted by Gasteiger charge is -2.00. The summed E-state index contributed by atoms with van der Waals surface area (Å²) in [7, 11) is 0. The predicted octanol–water partition coefficient (Wildman–Crippen LogP) is 3.47. The molecular formula is C15H12N2O2S. The molecule has 0 unspecified atom stereocenters. The Morgan fingerprint density at radius 2 is 2.00 bits per heavy atom. The Morgan fingerprint density at radius 1 is 1.15 bits per heavy atom. The van der Waals surface area contributed by atoms with E-state index < -0.39 is 0 Å². The molecule has 0 saturated heterocycles. The fraction of sp³-hybridized carbons (Fsp3) is 0.133. The third-order valence-corrected chi connectivity index (χ3v) is 4.03. The van der Waals surface area contributed by atoms with Crippen LogP contribution in [0.3, 0.4) is 0 Å². The first-order valence-corrected chi connectivity index (χ1v) is 7.15. The smallest absolute Gasteiger partial charge is 0.173 e. The van der Waals surface area contributed by atoms with E-state index >= 15 is 0 Å². The molecule has 20 heavy (non-hydrogen) atoms. The van der Waals surface area contributed by atoms with Crippen molar-refractivity contribution < 1.29 is 9.59 Å². The average Bonchev–Trinajstić information content (AvgIpc) is 3.13. The van der Waals surface area contributed by atoms with E-state index in [0.29, 0.717) is 10.4 Å². The monoisotopic (exact) mass is 284 g/mol. The predicted molar refractivity (Wildman–Crippen MR) is 78.3 cm³/mol. The van der Waals surface area contributed by atoms with Crippen molar-refractivity contribution in [2.75, 3.05) is 0 Å². The summed E-state index contributed by atoms with van der Waals surface area (Å²) in [6.45, 7) is 0. The molecule has 0 aliphatic rings. The third-order valence-electron chi connectivity index (χ3n) is 3.12. The first-order chi connectivity index (χ1) is 9.74. The molecule has 1 N–H and O–H groups in total. The fourth-order valence-electron chi connectivity index (χ4n) is 2.04. The summed E-state index contributed by atoms with van der Waals surface area (Å²) >= 11 is 1.41. The van der Waals surface area contributed by atoms with Crippen molar-refractivity contribution in [2.24, 2.45) is 0 Å². The first-order valence-electron chi connectivity index (χ1n) is 6.27. The zero-order valence-corrected chi connectivity index (χ0v) is 11.4. The van der Waals surface area contributed by atoms with Crippen molar-refractivity contribution in [1.82, 2.24) is 9.97 Å². The van der Waals surface area contributed by atoms with E-state index in [-0.39, 0.29) is 24.4 Å². The Morgan fingerprint density at radius 3 is 2.80 bits per heavy atom. The van der Waals surface area contributed by atoms with Crippen LogP contribution in [-0.4, -0.2) is 21.5 Å². The standard InChI is InChI=1S/C15H12N2O2S/c18-13(5-6-14(19)15-2-1-7-20-15)10-3-4-11-12(8-10)17-9-16-11/h1-4,7-9H,5-6H2,(H,16,17). The lowest BCUT2D eigenvalue weighted by atomic mass is 10.0. The summed E-state index contributed by atoms with van der Waals surface area (Å²) in [4.78, 5) is 31.7. The topological polar surface area (TPSA) is 62.8 Å². The second-order valence-electron chi connectivity index (χ2n) is 4.46. The van der Waals surface area contributed by atoms with E-state index in [1.54, 1.807) is 30.6 Å². The average molecular weight is 284 g/mol. The maximum atomic E-state index is 12.1. The quantitative estimate of drug-likeness (QED) is 0.730. The molecule has 4 nitrogen and oxygen atoms in total. The van der Waals surface area contributed by atoms with Crippen molar-refractivity contribution in [1.29, 1.82) is 0 Å². The zero-order chi connectivity index (χ0) is 13.9. The minimum atomic E-state index is -0.0218. The zero-order valence-electron chi connectivity index (χ0n) is 10.6. The highest BCUT2D eigenvalue weighted by Crippen LogP contribution is 2.16. The molecule has 0 bridgehead atoms. The molecule has 1 aromatic carbocycles. The van der Waals surface area contributed by atoms with Gasteiger partial charge in [0.15, 0.2) is 11.6 Å². The van der Waals surface area contributed by atoms with Crippen LogP contribution < -0.4 is 0 Å². The minimum Gasteiger partial charge on any atom is -0.345 e. The number of aromatic nitrogens is 2. The van der Waals surface area contributed by atoms with Crippen LogP contribution in [0.25, 0.3) is 11.0 Å². The lowest BCUT2D eigenvalue weighted by molar-refractivity contribution is 0.0919. The number of benzene rings is 1. The number of rotatable bonds is 5. The molecule has 100 valence electrons. The Kier molecular flexibility index (Phi) is 3.43. The van der Waals surface area contributed by atoms with E-state index in [0.717, 1.165) is 11.0 Å². The van der Waals surface area contributed by atoms with Gasteiger partial charge < -0.3 is 4.98 Å². The Bertz CT molecular complexity index is 759. The number of imidazole rings is 1. The lowest BCUT2D eigenvalue weighted by Crippen LogP contribution is -2.04. The molecule has 0 aliphatic carbocycles. The number of hydrogen-bond acceptors (Lipinski definition) is 4. The molecule has 2 aromatic heterocycles. The summed E-state index contributed by atoms with van der Waals surface area (Å²) in [6.07, 6.45) is 2.08. The van der Waals surface area contributed by atoms with Crippen LogP contribution in [0.5, 0.6) is 0 Å². The van der Waals surface area contributed by atoms with Gasteiger partial charge in [0.05, 0.1) is 22.2 Å². The number of ketones is 2. The van der Waals surface area contributed by atoms with Gasteiger partial charge in [0, 0.05) is 18.4 Å². The van der Waals surface area contributed by atoms with Gasteiger partial charge >= 0.3 is 0 Å². The Labute approximate surface area is 119 Å². The summed E-state index contributed by atoms with van der Waals surface area (Å²) in [6, 6.07) is 8.96. The maximum Gasteiger partial charge on any atom is 0.173 e. The summed E-state index contributed by atoms with van der Waals surface area (Å²) in [5, 5.41) is 1.86. The van der Waals surface area contributed by atoms with Gasteiger partial charge in [0.1, 0.15) is 0 Å². The minimum absolute atomic E-state index is 0.0218. The number of carbonyl (C=O) groups is 2. The highest BCUT2D eigenvalue weighted by molar-refractivity contribution is 7.12. The first kappa shape index (κ1) is 12.7. The summed E-state index contributed by atoms with van der Waals surface area (Å²) in [5.41, 5.74) is 2.28. The summed E-state index contributed by atoms with van der Waals surface area (Å²) < 4.78 is 0. The second-order valence-corrected chi connectivity index (χ2v) is 5.41. The molecule has 5 heteroatoms. The van der Waals surface area contributed by atoms with Crippen LogP contribution in [-0.2, 0) is 0 Å². The number of H-pyrrole nitrogens is 1. The SMILES string of the molecule is O=C(CCC(=O)c1cccs1)c1ccc2nc[nH]c2c1. The molecule has 3 aromatic rings. The molecule has 2 heterocycles. The van der Waals surface area contributed by atoms with Crippen LogP contribution in [0.1, 0.15) is 32.9 Å². The van der Waals surface area contributed by atoms with E-state index in [9.17, 15) is 9.59 Å². The maximum absolute atomic E-state index is 12.1. The highest BCUT2D eigenvalue weighted by Gasteiger charge is 2.12. The molecular weight excluding hydrogens is 272 g/mol. The number of aromatic amines is 1. The molecule has 0 saturated carbocycles. The normalized spacial score (nSPS) is 10.8. The highest BCUT2D eigenvalue weighted by atomic mass is 32.1. The van der Waals surface area contributed by atoms with Gasteiger partial charge in [-0.25, -0.2) is 4.98 Å². The Hall–Kier alpha value is -2.27. The van der Waals surface area contributed by atoms with Crippen LogP contribution >= 0.6 is 11.3 Å². The molecule has 0 amide bonds. The molecule has 0 aliphatic heterocycles. The molecule has 0 atom stereocenters. The summed E-state index contributed by atoms with van der Waals surface area (Å²) in [5.74, 6) is 0.00220. The number of carbonyl (C=O) groups excluding carboxylic acids is 2. The van der Waals surface area contributed by atoms with Crippen LogP contribution in [0, 0.1) is 0 Å². The molecule has 0 fully saturated rings. The van der Waals surface area contributed by atoms with E-state index in [4.69, 9.17) is 0 Å². The van der Waals surface area contributed by atoms with Gasteiger partial charge in [-0.1, -0.05) is 6.07 Å². The van der Waals surface area contributed by atoms with Crippen LogP contribution in [0.15, 0.2) is 42.0 Å². The van der Waals surface area contributed by atoms with Gasteiger partial charge in [0.25, 0.3) is 0 Å². The van der Waals surface area contributed by atoms with E-state index in [1.165, 1.54) is 11.3 Å².